The molecule has 0 aliphatic carbocycles. The second-order valence-corrected chi connectivity index (χ2v) is 8.32. The fourth-order valence-corrected chi connectivity index (χ4v) is 4.10. The van der Waals surface area contributed by atoms with E-state index in [-0.39, 0.29) is 0 Å². The predicted molar refractivity (Wildman–Crippen MR) is 110 cm³/mol. The average molecular weight is 380 g/mol. The van der Waals surface area contributed by atoms with Gasteiger partial charge in [-0.3, -0.25) is 4.21 Å². The Hall–Kier alpha value is -2.57. The number of hydrogen-bond donors (Lipinski definition) is 1. The van der Waals surface area contributed by atoms with Crippen LogP contribution >= 0.6 is 11.3 Å². The Morgan fingerprint density at radius 2 is 1.92 bits per heavy atom. The molecule has 130 valence electrons. The van der Waals surface area contributed by atoms with E-state index in [1.54, 1.807) is 17.6 Å². The summed E-state index contributed by atoms with van der Waals surface area (Å²) in [5, 5.41) is 6.41. The minimum Gasteiger partial charge on any atom is -0.340 e. The first kappa shape index (κ1) is 16.9. The topological polar surface area (TPSA) is 54.9 Å². The highest BCUT2D eigenvalue weighted by atomic mass is 32.2. The number of fused-ring (bicyclic) bond motifs is 1. The normalized spacial score (nSPS) is 12.2. The van der Waals surface area contributed by atoms with Crippen LogP contribution in [0.1, 0.15) is 5.56 Å². The van der Waals surface area contributed by atoms with Gasteiger partial charge in [0.05, 0.1) is 10.4 Å². The Morgan fingerprint density at radius 1 is 1.04 bits per heavy atom. The van der Waals surface area contributed by atoms with Crippen LogP contribution in [0.15, 0.2) is 66.0 Å². The maximum Gasteiger partial charge on any atom is 0.172 e. The molecule has 4 nitrogen and oxygen atoms in total. The number of anilines is 2. The lowest BCUT2D eigenvalue weighted by molar-refractivity contribution is 0.686. The summed E-state index contributed by atoms with van der Waals surface area (Å²) in [7, 11) is -0.870. The number of rotatable bonds is 5. The molecule has 4 aromatic rings. The van der Waals surface area contributed by atoms with Crippen molar-refractivity contribution in [3.05, 3.63) is 71.6 Å². The number of hydrogen-bond acceptors (Lipinski definition) is 5. The maximum absolute atomic E-state index is 11.5. The summed E-state index contributed by atoms with van der Waals surface area (Å²) < 4.78 is 11.5. The van der Waals surface area contributed by atoms with Gasteiger partial charge in [-0.2, -0.15) is 0 Å². The third kappa shape index (κ3) is 3.66. The van der Waals surface area contributed by atoms with Crippen LogP contribution in [0.4, 0.5) is 11.5 Å². The lowest BCUT2D eigenvalue weighted by Crippen LogP contribution is -2.00. The van der Waals surface area contributed by atoms with E-state index in [4.69, 9.17) is 9.97 Å². The Kier molecular flexibility index (Phi) is 4.77. The molecule has 0 amide bonds. The van der Waals surface area contributed by atoms with Crippen molar-refractivity contribution in [2.24, 2.45) is 0 Å². The predicted octanol–water partition coefficient (Wildman–Crippen LogP) is 4.98. The Labute approximate surface area is 158 Å². The van der Waals surface area contributed by atoms with Crippen LogP contribution in [0.2, 0.25) is 0 Å². The molecule has 2 heterocycles. The van der Waals surface area contributed by atoms with Gasteiger partial charge in [0, 0.05) is 33.9 Å². The van der Waals surface area contributed by atoms with Crippen LogP contribution in [-0.2, 0) is 16.6 Å². The van der Waals surface area contributed by atoms with E-state index in [0.717, 1.165) is 32.8 Å². The monoisotopic (exact) mass is 379 g/mol. The summed E-state index contributed by atoms with van der Waals surface area (Å²) in [6, 6.07) is 20.0. The Bertz CT molecular complexity index is 1080. The van der Waals surface area contributed by atoms with Crippen molar-refractivity contribution in [3.8, 4) is 10.7 Å². The van der Waals surface area contributed by atoms with Gasteiger partial charge < -0.3 is 5.32 Å². The molecule has 0 aliphatic rings. The number of aromatic nitrogens is 2. The molecule has 1 atom stereocenters. The number of thiophene rings is 1. The first-order valence-electron chi connectivity index (χ1n) is 8.16. The molecule has 0 aliphatic heterocycles. The molecule has 2 aromatic heterocycles. The zero-order valence-corrected chi connectivity index (χ0v) is 15.8. The molecule has 4 rings (SSSR count). The lowest BCUT2D eigenvalue weighted by atomic mass is 10.2. The van der Waals surface area contributed by atoms with Gasteiger partial charge in [0.1, 0.15) is 5.82 Å². The van der Waals surface area contributed by atoms with E-state index in [0.29, 0.717) is 11.6 Å². The average Bonchev–Trinajstić information content (AvgIpc) is 3.16. The molecule has 6 heteroatoms. The van der Waals surface area contributed by atoms with Crippen LogP contribution in [0, 0.1) is 0 Å². The summed E-state index contributed by atoms with van der Waals surface area (Å²) >= 11 is 1.62. The Balaban J connectivity index is 1.77. The van der Waals surface area contributed by atoms with E-state index >= 15 is 0 Å². The molecule has 2 aromatic carbocycles. The maximum atomic E-state index is 11.5. The molecular formula is C20H17N3OS2. The van der Waals surface area contributed by atoms with Crippen molar-refractivity contribution < 1.29 is 4.21 Å². The number of para-hydroxylation sites is 1. The minimum atomic E-state index is -0.870. The molecule has 0 spiro atoms. The van der Waals surface area contributed by atoms with Crippen molar-refractivity contribution in [2.75, 3.05) is 11.6 Å². The van der Waals surface area contributed by atoms with Crippen LogP contribution in [0.3, 0.4) is 0 Å². The zero-order valence-electron chi connectivity index (χ0n) is 14.2. The van der Waals surface area contributed by atoms with Crippen LogP contribution in [0.25, 0.3) is 21.6 Å². The van der Waals surface area contributed by atoms with Crippen LogP contribution in [0.5, 0.6) is 0 Å². The number of nitrogens with one attached hydrogen (secondary N) is 1. The first-order valence-corrected chi connectivity index (χ1v) is 10.8. The van der Waals surface area contributed by atoms with Crippen molar-refractivity contribution >= 4 is 44.5 Å². The second kappa shape index (κ2) is 7.35. The summed E-state index contributed by atoms with van der Waals surface area (Å²) in [6.45, 7) is 0. The van der Waals surface area contributed by atoms with Crippen LogP contribution in [-0.4, -0.2) is 20.4 Å². The van der Waals surface area contributed by atoms with Gasteiger partial charge in [0.25, 0.3) is 0 Å². The molecule has 1 unspecified atom stereocenters. The van der Waals surface area contributed by atoms with Gasteiger partial charge in [-0.05, 0) is 41.3 Å². The summed E-state index contributed by atoms with van der Waals surface area (Å²) in [5.74, 6) is 2.03. The van der Waals surface area contributed by atoms with E-state index in [1.807, 2.05) is 66.0 Å². The van der Waals surface area contributed by atoms with Gasteiger partial charge >= 0.3 is 0 Å². The first-order chi connectivity index (χ1) is 12.7. The summed E-state index contributed by atoms with van der Waals surface area (Å²) in [4.78, 5) is 10.5. The second-order valence-electron chi connectivity index (χ2n) is 5.93. The Morgan fingerprint density at radius 3 is 2.73 bits per heavy atom. The van der Waals surface area contributed by atoms with Crippen LogP contribution < -0.4 is 5.32 Å². The smallest absolute Gasteiger partial charge is 0.172 e. The van der Waals surface area contributed by atoms with E-state index in [2.05, 4.69) is 5.32 Å². The third-order valence-electron chi connectivity index (χ3n) is 3.90. The van der Waals surface area contributed by atoms with E-state index in [9.17, 15) is 4.21 Å². The molecule has 0 bridgehead atoms. The van der Waals surface area contributed by atoms with E-state index in [1.165, 1.54) is 0 Å². The highest BCUT2D eigenvalue weighted by Gasteiger charge is 2.10. The SMILES string of the molecule is CS(=O)Cc1cccc(Nc2nc(-c3cccs3)nc3ccccc23)c1. The molecular weight excluding hydrogens is 362 g/mol. The van der Waals surface area contributed by atoms with E-state index < -0.39 is 10.8 Å². The molecule has 0 radical (unpaired) electrons. The fourth-order valence-electron chi connectivity index (χ4n) is 2.80. The summed E-state index contributed by atoms with van der Waals surface area (Å²) in [5.41, 5.74) is 2.86. The highest BCUT2D eigenvalue weighted by molar-refractivity contribution is 7.83. The number of nitrogens with zero attached hydrogens (tertiary/aromatic N) is 2. The van der Waals surface area contributed by atoms with Gasteiger partial charge in [-0.1, -0.05) is 30.3 Å². The fraction of sp³-hybridized carbons (Fsp3) is 0.100. The quantitative estimate of drug-likeness (QED) is 0.531. The van der Waals surface area contributed by atoms with Crippen molar-refractivity contribution in [3.63, 3.8) is 0 Å². The zero-order chi connectivity index (χ0) is 17.9. The van der Waals surface area contributed by atoms with Gasteiger partial charge in [-0.15, -0.1) is 11.3 Å². The molecule has 0 saturated heterocycles. The lowest BCUT2D eigenvalue weighted by Gasteiger charge is -2.11. The highest BCUT2D eigenvalue weighted by Crippen LogP contribution is 2.29. The van der Waals surface area contributed by atoms with Crippen molar-refractivity contribution in [1.82, 2.24) is 9.97 Å². The summed E-state index contributed by atoms with van der Waals surface area (Å²) in [6.07, 6.45) is 1.71. The number of benzene rings is 2. The van der Waals surface area contributed by atoms with Gasteiger partial charge in [0.2, 0.25) is 0 Å². The third-order valence-corrected chi connectivity index (χ3v) is 5.51. The molecule has 0 fully saturated rings. The minimum absolute atomic E-state index is 0.542. The molecule has 26 heavy (non-hydrogen) atoms. The molecule has 1 N–H and O–H groups in total. The standard InChI is InChI=1S/C20H17N3OS2/c1-26(24)13-14-6-4-7-15(12-14)21-19-16-8-2-3-9-17(16)22-20(23-19)18-10-5-11-25-18/h2-12H,13H2,1H3,(H,21,22,23). The largest absolute Gasteiger partial charge is 0.340 e. The van der Waals surface area contributed by atoms with Gasteiger partial charge in [-0.25, -0.2) is 9.97 Å². The van der Waals surface area contributed by atoms with Gasteiger partial charge in [0.15, 0.2) is 5.82 Å². The van der Waals surface area contributed by atoms with Crippen molar-refractivity contribution in [1.29, 1.82) is 0 Å². The van der Waals surface area contributed by atoms with Crippen molar-refractivity contribution in [2.45, 2.75) is 5.75 Å². The molecule has 0 saturated carbocycles.